The third-order valence-electron chi connectivity index (χ3n) is 5.75. The molecule has 3 heterocycles. The van der Waals surface area contributed by atoms with Gasteiger partial charge in [0.1, 0.15) is 11.7 Å². The molecule has 4 rings (SSSR count). The molecule has 2 fully saturated rings. The summed E-state index contributed by atoms with van der Waals surface area (Å²) in [6, 6.07) is 0.297. The smallest absolute Gasteiger partial charge is 0.226 e. The number of azide groups is 1. The Morgan fingerprint density at radius 3 is 2.90 bits per heavy atom. The van der Waals surface area contributed by atoms with E-state index >= 15 is 0 Å². The topological polar surface area (TPSA) is 154 Å². The fourth-order valence-electron chi connectivity index (χ4n) is 4.03. The first-order chi connectivity index (χ1) is 13.9. The van der Waals surface area contributed by atoms with Gasteiger partial charge in [0.15, 0.2) is 23.2 Å². The molecule has 156 valence electrons. The van der Waals surface area contributed by atoms with Crippen molar-refractivity contribution in [2.45, 2.75) is 69.1 Å². The van der Waals surface area contributed by atoms with Gasteiger partial charge in [-0.15, -0.1) is 0 Å². The first-order valence-corrected chi connectivity index (χ1v) is 10.0. The average molecular weight is 423 g/mol. The zero-order valence-electron chi connectivity index (χ0n) is 15.9. The normalized spacial score (nSPS) is 30.4. The largest absolute Gasteiger partial charge is 0.385 e. The number of aromatic nitrogens is 4. The average Bonchev–Trinajstić information content (AvgIpc) is 3.20. The van der Waals surface area contributed by atoms with E-state index < -0.39 is 24.0 Å². The molecule has 11 nitrogen and oxygen atoms in total. The van der Waals surface area contributed by atoms with Gasteiger partial charge >= 0.3 is 0 Å². The van der Waals surface area contributed by atoms with Gasteiger partial charge in [-0.25, -0.2) is 4.98 Å². The summed E-state index contributed by atoms with van der Waals surface area (Å²) in [5, 5.41) is 28.2. The van der Waals surface area contributed by atoms with Crippen LogP contribution in [0.2, 0.25) is 5.28 Å². The highest BCUT2D eigenvalue weighted by atomic mass is 35.5. The van der Waals surface area contributed by atoms with E-state index in [0.717, 1.165) is 25.7 Å². The number of anilines is 1. The lowest BCUT2D eigenvalue weighted by atomic mass is 9.94. The van der Waals surface area contributed by atoms with Gasteiger partial charge in [-0.3, -0.25) is 4.57 Å². The molecular formula is C17H23ClN8O3. The minimum absolute atomic E-state index is 0.0439. The van der Waals surface area contributed by atoms with Crippen molar-refractivity contribution in [2.24, 2.45) is 5.11 Å². The van der Waals surface area contributed by atoms with Crippen LogP contribution in [0.1, 0.15) is 45.3 Å². The molecule has 0 unspecified atom stereocenters. The van der Waals surface area contributed by atoms with Crippen molar-refractivity contribution in [1.82, 2.24) is 19.5 Å². The van der Waals surface area contributed by atoms with Crippen LogP contribution in [0.4, 0.5) is 5.82 Å². The molecule has 2 aliphatic rings. The zero-order valence-corrected chi connectivity index (χ0v) is 16.7. The number of halogens is 1. The quantitative estimate of drug-likeness (QED) is 0.289. The minimum Gasteiger partial charge on any atom is -0.385 e. The van der Waals surface area contributed by atoms with Gasteiger partial charge in [0.05, 0.1) is 19.0 Å². The molecule has 0 aromatic carbocycles. The van der Waals surface area contributed by atoms with E-state index in [-0.39, 0.29) is 11.8 Å². The summed E-state index contributed by atoms with van der Waals surface area (Å²) in [6.07, 6.45) is 4.01. The Morgan fingerprint density at radius 2 is 2.17 bits per heavy atom. The van der Waals surface area contributed by atoms with Crippen molar-refractivity contribution in [1.29, 1.82) is 0 Å². The molecule has 4 atom stereocenters. The summed E-state index contributed by atoms with van der Waals surface area (Å²) >= 11 is 6.16. The van der Waals surface area contributed by atoms with E-state index in [1.54, 1.807) is 0 Å². The van der Waals surface area contributed by atoms with Crippen molar-refractivity contribution in [2.75, 3.05) is 11.9 Å². The number of ether oxygens (including phenoxy) is 1. The second kappa shape index (κ2) is 7.92. The molecule has 0 bridgehead atoms. The maximum absolute atomic E-state index is 10.7. The molecule has 12 heteroatoms. The van der Waals surface area contributed by atoms with Gasteiger partial charge in [-0.2, -0.15) is 9.97 Å². The molecule has 2 aromatic heterocycles. The first kappa shape index (κ1) is 20.1. The van der Waals surface area contributed by atoms with Crippen LogP contribution >= 0.6 is 11.6 Å². The summed E-state index contributed by atoms with van der Waals surface area (Å²) in [4.78, 5) is 15.7. The predicted molar refractivity (Wildman–Crippen MR) is 105 cm³/mol. The van der Waals surface area contributed by atoms with Gasteiger partial charge in [0.2, 0.25) is 5.28 Å². The Labute approximate surface area is 171 Å². The maximum atomic E-state index is 10.7. The highest BCUT2D eigenvalue weighted by molar-refractivity contribution is 6.28. The lowest BCUT2D eigenvalue weighted by Crippen LogP contribution is -2.45. The van der Waals surface area contributed by atoms with Crippen molar-refractivity contribution >= 4 is 28.6 Å². The van der Waals surface area contributed by atoms with Gasteiger partial charge in [-0.1, -0.05) is 24.4 Å². The molecule has 0 amide bonds. The highest BCUT2D eigenvalue weighted by Crippen LogP contribution is 2.39. The number of fused-ring (bicyclic) bond motifs is 1. The van der Waals surface area contributed by atoms with Crippen LogP contribution in [0.25, 0.3) is 21.6 Å². The summed E-state index contributed by atoms with van der Waals surface area (Å²) in [6.45, 7) is 1.32. The maximum Gasteiger partial charge on any atom is 0.226 e. The molecule has 1 saturated heterocycles. The molecule has 0 spiro atoms. The van der Waals surface area contributed by atoms with Gasteiger partial charge < -0.3 is 20.3 Å². The van der Waals surface area contributed by atoms with E-state index in [2.05, 4.69) is 30.3 Å². The van der Waals surface area contributed by atoms with E-state index in [1.165, 1.54) is 24.2 Å². The van der Waals surface area contributed by atoms with Crippen LogP contribution in [0, 0.1) is 0 Å². The number of hydrogen-bond acceptors (Lipinski definition) is 8. The Hall–Kier alpha value is -2.17. The van der Waals surface area contributed by atoms with Crippen LogP contribution in [0.5, 0.6) is 0 Å². The summed E-state index contributed by atoms with van der Waals surface area (Å²) in [7, 11) is 0. The Kier molecular flexibility index (Phi) is 5.50. The minimum atomic E-state index is -1.62. The Morgan fingerprint density at radius 1 is 1.41 bits per heavy atom. The Balaban J connectivity index is 1.67. The monoisotopic (exact) mass is 422 g/mol. The van der Waals surface area contributed by atoms with Crippen LogP contribution in [0.3, 0.4) is 0 Å². The van der Waals surface area contributed by atoms with Crippen LogP contribution in [0.15, 0.2) is 11.4 Å². The number of imidazole rings is 1. The van der Waals surface area contributed by atoms with E-state index in [4.69, 9.17) is 21.9 Å². The van der Waals surface area contributed by atoms with E-state index in [0.29, 0.717) is 23.0 Å². The number of aliphatic hydroxyl groups excluding tert-OH is 1. The molecule has 1 aliphatic carbocycles. The number of nitrogens with zero attached hydrogens (tertiary/aromatic N) is 7. The van der Waals surface area contributed by atoms with Gasteiger partial charge in [-0.05, 0) is 36.9 Å². The van der Waals surface area contributed by atoms with Crippen LogP contribution in [-0.4, -0.2) is 60.1 Å². The number of rotatable bonds is 5. The van der Waals surface area contributed by atoms with Crippen molar-refractivity contribution < 1.29 is 14.9 Å². The number of nitrogens with one attached hydrogen (secondary N) is 1. The van der Waals surface area contributed by atoms with Crippen molar-refractivity contribution in [3.63, 3.8) is 0 Å². The Bertz CT molecular complexity index is 938. The van der Waals surface area contributed by atoms with Crippen molar-refractivity contribution in [3.8, 4) is 0 Å². The third kappa shape index (κ3) is 3.72. The number of hydrogen-bond donors (Lipinski definition) is 3. The third-order valence-corrected chi connectivity index (χ3v) is 5.92. The lowest BCUT2D eigenvalue weighted by molar-refractivity contribution is -0.0600. The molecule has 0 radical (unpaired) electrons. The SMILES string of the molecule is C[C@]1(O)[C@@H](CN=[N+]=[N-])O[C@@H](n2cnc3c(NC4CCCCC4)nc(Cl)nc32)[C@@H]1O. The van der Waals surface area contributed by atoms with Gasteiger partial charge in [0.25, 0.3) is 0 Å². The molecule has 1 saturated carbocycles. The van der Waals surface area contributed by atoms with Crippen LogP contribution < -0.4 is 5.32 Å². The molecule has 1 aliphatic heterocycles. The lowest BCUT2D eigenvalue weighted by Gasteiger charge is -2.25. The summed E-state index contributed by atoms with van der Waals surface area (Å²) in [5.74, 6) is 0.538. The van der Waals surface area contributed by atoms with E-state index in [1.807, 2.05) is 0 Å². The molecule has 3 N–H and O–H groups in total. The highest BCUT2D eigenvalue weighted by Gasteiger charge is 2.52. The van der Waals surface area contributed by atoms with Crippen molar-refractivity contribution in [3.05, 3.63) is 22.1 Å². The predicted octanol–water partition coefficient (Wildman–Crippen LogP) is 2.54. The second-order valence-electron chi connectivity index (χ2n) is 7.74. The zero-order chi connectivity index (χ0) is 20.6. The van der Waals surface area contributed by atoms with E-state index in [9.17, 15) is 10.2 Å². The molecule has 2 aromatic rings. The second-order valence-corrected chi connectivity index (χ2v) is 8.08. The first-order valence-electron chi connectivity index (χ1n) is 9.65. The summed E-state index contributed by atoms with van der Waals surface area (Å²) in [5.41, 5.74) is 7.83. The van der Waals surface area contributed by atoms with Gasteiger partial charge in [0, 0.05) is 11.0 Å². The molecule has 29 heavy (non-hydrogen) atoms. The molecular weight excluding hydrogens is 400 g/mol. The standard InChI is InChI=1S/C17H23ClN8O3/c1-17(28)10(7-21-25-19)29-15(12(17)27)26-8-20-11-13(23-16(18)24-14(11)26)22-9-5-3-2-4-6-9/h8-10,12,15,27-28H,2-7H2,1H3,(H,22,23,24)/t10-,12+,15-,17+/m1/s1. The fourth-order valence-corrected chi connectivity index (χ4v) is 4.20. The van der Waals surface area contributed by atoms with Crippen LogP contribution in [-0.2, 0) is 4.74 Å². The number of aliphatic hydroxyl groups is 2. The summed E-state index contributed by atoms with van der Waals surface area (Å²) < 4.78 is 7.33. The fraction of sp³-hybridized carbons (Fsp3) is 0.706.